The Balaban J connectivity index is 1.72. The van der Waals surface area contributed by atoms with Gasteiger partial charge < -0.3 is 14.7 Å². The van der Waals surface area contributed by atoms with Crippen LogP contribution >= 0.6 is 0 Å². The quantitative estimate of drug-likeness (QED) is 0.819. The van der Waals surface area contributed by atoms with Gasteiger partial charge >= 0.3 is 5.97 Å². The van der Waals surface area contributed by atoms with Crippen molar-refractivity contribution in [2.75, 3.05) is 39.8 Å². The molecule has 27 heavy (non-hydrogen) atoms. The number of aliphatic carboxylic acids is 1. The number of morpholine rings is 1. The van der Waals surface area contributed by atoms with E-state index in [9.17, 15) is 14.0 Å². The fourth-order valence-electron chi connectivity index (χ4n) is 4.33. The molecule has 1 saturated heterocycles. The first-order valence-corrected chi connectivity index (χ1v) is 9.48. The number of hydrogen-bond donors (Lipinski definition) is 1. The first-order chi connectivity index (χ1) is 12.9. The number of halogens is 1. The van der Waals surface area contributed by atoms with Gasteiger partial charge in [-0.2, -0.15) is 0 Å². The van der Waals surface area contributed by atoms with Crippen molar-refractivity contribution in [2.45, 2.75) is 37.2 Å². The molecule has 1 aliphatic heterocycles. The van der Waals surface area contributed by atoms with Crippen LogP contribution in [0.1, 0.15) is 31.2 Å². The highest BCUT2D eigenvalue weighted by atomic mass is 19.1. The van der Waals surface area contributed by atoms with E-state index in [4.69, 9.17) is 9.84 Å². The molecule has 0 spiro atoms. The molecule has 1 atom stereocenters. The number of carboxylic acids is 1. The Morgan fingerprint density at radius 3 is 2.59 bits per heavy atom. The average molecular weight is 378 g/mol. The van der Waals surface area contributed by atoms with E-state index < -0.39 is 11.4 Å². The van der Waals surface area contributed by atoms with Crippen molar-refractivity contribution in [1.29, 1.82) is 0 Å². The van der Waals surface area contributed by atoms with Gasteiger partial charge in [-0.25, -0.2) is 4.39 Å². The van der Waals surface area contributed by atoms with Crippen LogP contribution in [-0.4, -0.2) is 72.7 Å². The standard InChI is InChI=1S/C20H27FN2O4/c1-22(14-18(24)25)12-17-13-23(10-11-27-17)19(26)20(8-2-3-9-20)15-4-6-16(21)7-5-15/h4-7,17H,2-3,8-14H2,1H3,(H,24,25). The van der Waals surface area contributed by atoms with Crippen molar-refractivity contribution in [3.63, 3.8) is 0 Å². The van der Waals surface area contributed by atoms with Crippen LogP contribution in [0.15, 0.2) is 24.3 Å². The average Bonchev–Trinajstić information content (AvgIpc) is 3.12. The fraction of sp³-hybridized carbons (Fsp3) is 0.600. The zero-order chi connectivity index (χ0) is 19.4. The Kier molecular flexibility index (Phi) is 6.11. The van der Waals surface area contributed by atoms with Gasteiger partial charge in [0.25, 0.3) is 0 Å². The largest absolute Gasteiger partial charge is 0.480 e. The van der Waals surface area contributed by atoms with E-state index in [1.54, 1.807) is 24.1 Å². The zero-order valence-electron chi connectivity index (χ0n) is 15.7. The minimum absolute atomic E-state index is 0.0622. The number of rotatable bonds is 6. The van der Waals surface area contributed by atoms with Gasteiger partial charge in [0.15, 0.2) is 0 Å². The molecule has 1 N–H and O–H groups in total. The molecule has 0 aromatic heterocycles. The van der Waals surface area contributed by atoms with E-state index in [1.807, 2.05) is 4.90 Å². The second-order valence-corrected chi connectivity index (χ2v) is 7.63. The lowest BCUT2D eigenvalue weighted by Crippen LogP contribution is -2.54. The summed E-state index contributed by atoms with van der Waals surface area (Å²) in [4.78, 5) is 27.9. The zero-order valence-corrected chi connectivity index (χ0v) is 15.7. The van der Waals surface area contributed by atoms with Crippen LogP contribution in [0, 0.1) is 5.82 Å². The van der Waals surface area contributed by atoms with E-state index in [0.29, 0.717) is 26.2 Å². The van der Waals surface area contributed by atoms with Crippen LogP contribution in [0.5, 0.6) is 0 Å². The molecule has 7 heteroatoms. The minimum Gasteiger partial charge on any atom is -0.480 e. The Bertz CT molecular complexity index is 673. The number of carbonyl (C=O) groups is 2. The normalized spacial score (nSPS) is 22.2. The summed E-state index contributed by atoms with van der Waals surface area (Å²) in [6, 6.07) is 6.31. The van der Waals surface area contributed by atoms with Gasteiger partial charge in [-0.15, -0.1) is 0 Å². The van der Waals surface area contributed by atoms with Crippen molar-refractivity contribution in [3.8, 4) is 0 Å². The van der Waals surface area contributed by atoms with E-state index in [2.05, 4.69) is 0 Å². The summed E-state index contributed by atoms with van der Waals surface area (Å²) in [5.41, 5.74) is 0.306. The predicted octanol–water partition coefficient (Wildman–Crippen LogP) is 1.88. The molecule has 1 aromatic rings. The molecule has 1 aromatic carbocycles. The van der Waals surface area contributed by atoms with E-state index in [0.717, 1.165) is 31.2 Å². The molecular weight excluding hydrogens is 351 g/mol. The number of amides is 1. The number of ether oxygens (including phenoxy) is 1. The second kappa shape index (κ2) is 8.35. The molecule has 6 nitrogen and oxygen atoms in total. The monoisotopic (exact) mass is 378 g/mol. The van der Waals surface area contributed by atoms with Crippen molar-refractivity contribution >= 4 is 11.9 Å². The molecule has 1 aliphatic carbocycles. The molecule has 0 bridgehead atoms. The summed E-state index contributed by atoms with van der Waals surface area (Å²) in [6.45, 7) is 1.82. The van der Waals surface area contributed by atoms with Crippen LogP contribution in [0.4, 0.5) is 4.39 Å². The summed E-state index contributed by atoms with van der Waals surface area (Å²) in [7, 11) is 1.73. The number of benzene rings is 1. The van der Waals surface area contributed by atoms with Gasteiger partial charge in [-0.3, -0.25) is 14.5 Å². The highest BCUT2D eigenvalue weighted by Gasteiger charge is 2.45. The summed E-state index contributed by atoms with van der Waals surface area (Å²) < 4.78 is 19.1. The van der Waals surface area contributed by atoms with Gasteiger partial charge in [0, 0.05) is 19.6 Å². The van der Waals surface area contributed by atoms with Gasteiger partial charge in [-0.05, 0) is 37.6 Å². The minimum atomic E-state index is -0.887. The molecule has 2 fully saturated rings. The number of nitrogens with zero attached hydrogens (tertiary/aromatic N) is 2. The lowest BCUT2D eigenvalue weighted by Gasteiger charge is -2.40. The smallest absolute Gasteiger partial charge is 0.317 e. The topological polar surface area (TPSA) is 70.1 Å². The van der Waals surface area contributed by atoms with Gasteiger partial charge in [0.1, 0.15) is 5.82 Å². The van der Waals surface area contributed by atoms with E-state index in [-0.39, 0.29) is 24.4 Å². The Hall–Kier alpha value is -1.99. The maximum absolute atomic E-state index is 13.5. The molecule has 1 heterocycles. The molecule has 0 radical (unpaired) electrons. The highest BCUT2D eigenvalue weighted by Crippen LogP contribution is 2.43. The third kappa shape index (κ3) is 4.47. The summed E-state index contributed by atoms with van der Waals surface area (Å²) >= 11 is 0. The first-order valence-electron chi connectivity index (χ1n) is 9.48. The maximum atomic E-state index is 13.5. The molecule has 1 saturated carbocycles. The molecule has 3 rings (SSSR count). The van der Waals surface area contributed by atoms with E-state index >= 15 is 0 Å². The van der Waals surface area contributed by atoms with Crippen molar-refractivity contribution in [2.24, 2.45) is 0 Å². The number of hydrogen-bond acceptors (Lipinski definition) is 4. The molecule has 148 valence electrons. The fourth-order valence-corrected chi connectivity index (χ4v) is 4.33. The Morgan fingerprint density at radius 1 is 1.30 bits per heavy atom. The highest BCUT2D eigenvalue weighted by molar-refractivity contribution is 5.88. The second-order valence-electron chi connectivity index (χ2n) is 7.63. The van der Waals surface area contributed by atoms with Crippen LogP contribution in [0.2, 0.25) is 0 Å². The third-order valence-electron chi connectivity index (χ3n) is 5.61. The van der Waals surface area contributed by atoms with Crippen LogP contribution in [0.3, 0.4) is 0 Å². The van der Waals surface area contributed by atoms with E-state index in [1.165, 1.54) is 12.1 Å². The first kappa shape index (κ1) is 19.8. The SMILES string of the molecule is CN(CC(=O)O)CC1CN(C(=O)C2(c3ccc(F)cc3)CCCC2)CCO1. The number of likely N-dealkylation sites (N-methyl/N-ethyl adjacent to an activating group) is 1. The summed E-state index contributed by atoms with van der Waals surface area (Å²) in [5.74, 6) is -1.10. The molecule has 2 aliphatic rings. The van der Waals surface area contributed by atoms with Crippen LogP contribution in [0.25, 0.3) is 0 Å². The van der Waals surface area contributed by atoms with Crippen molar-refractivity contribution in [1.82, 2.24) is 9.80 Å². The van der Waals surface area contributed by atoms with Crippen molar-refractivity contribution < 1.29 is 23.8 Å². The third-order valence-corrected chi connectivity index (χ3v) is 5.61. The molecular formula is C20H27FN2O4. The molecule has 1 unspecified atom stereocenters. The lowest BCUT2D eigenvalue weighted by atomic mass is 9.77. The summed E-state index contributed by atoms with van der Waals surface area (Å²) in [5, 5.41) is 8.90. The maximum Gasteiger partial charge on any atom is 0.317 e. The van der Waals surface area contributed by atoms with Gasteiger partial charge in [0.05, 0.1) is 24.7 Å². The summed E-state index contributed by atoms with van der Waals surface area (Å²) in [6.07, 6.45) is 3.31. The van der Waals surface area contributed by atoms with Crippen LogP contribution in [-0.2, 0) is 19.7 Å². The Labute approximate surface area is 158 Å². The predicted molar refractivity (Wildman–Crippen MR) is 98.0 cm³/mol. The Morgan fingerprint density at radius 2 is 1.96 bits per heavy atom. The van der Waals surface area contributed by atoms with Gasteiger partial charge in [0.2, 0.25) is 5.91 Å². The number of carboxylic acid groups (broad SMARTS) is 1. The number of carbonyl (C=O) groups excluding carboxylic acids is 1. The van der Waals surface area contributed by atoms with Gasteiger partial charge in [-0.1, -0.05) is 25.0 Å². The lowest BCUT2D eigenvalue weighted by molar-refractivity contribution is -0.146. The van der Waals surface area contributed by atoms with Crippen LogP contribution < -0.4 is 0 Å². The van der Waals surface area contributed by atoms with Crippen molar-refractivity contribution in [3.05, 3.63) is 35.6 Å². The molecule has 1 amide bonds.